The van der Waals surface area contributed by atoms with Crippen molar-refractivity contribution in [2.45, 2.75) is 32.7 Å². The second-order valence-corrected chi connectivity index (χ2v) is 4.02. The molecule has 1 aliphatic heterocycles. The van der Waals surface area contributed by atoms with Crippen LogP contribution in [-0.4, -0.2) is 29.6 Å². The molecule has 0 radical (unpaired) electrons. The van der Waals surface area contributed by atoms with E-state index in [2.05, 4.69) is 25.8 Å². The first-order chi connectivity index (χ1) is 6.05. The molecule has 0 aromatic heterocycles. The van der Waals surface area contributed by atoms with E-state index in [0.717, 1.165) is 13.0 Å². The molecule has 72 valence electrons. The first-order valence-corrected chi connectivity index (χ1v) is 4.43. The van der Waals surface area contributed by atoms with Gasteiger partial charge in [-0.25, -0.2) is 0 Å². The molecule has 0 aliphatic carbocycles. The Morgan fingerprint density at radius 2 is 2.23 bits per heavy atom. The molecule has 1 rings (SSSR count). The Bertz CT molecular complexity index is 247. The van der Waals surface area contributed by atoms with Crippen LogP contribution < -0.4 is 0 Å². The lowest BCUT2D eigenvalue weighted by Gasteiger charge is -2.39. The number of nitriles is 1. The zero-order valence-electron chi connectivity index (χ0n) is 8.37. The molecule has 1 heterocycles. The van der Waals surface area contributed by atoms with E-state index in [1.807, 2.05) is 4.90 Å². The lowest BCUT2D eigenvalue weighted by molar-refractivity contribution is 0.113. The van der Waals surface area contributed by atoms with Gasteiger partial charge in [-0.3, -0.25) is 0 Å². The summed E-state index contributed by atoms with van der Waals surface area (Å²) < 4.78 is 5.31. The van der Waals surface area contributed by atoms with Crippen LogP contribution in [0.25, 0.3) is 0 Å². The minimum absolute atomic E-state index is 0.0316. The van der Waals surface area contributed by atoms with Crippen LogP contribution in [0.1, 0.15) is 27.2 Å². The molecule has 0 bridgehead atoms. The van der Waals surface area contributed by atoms with E-state index in [9.17, 15) is 0 Å². The van der Waals surface area contributed by atoms with E-state index in [0.29, 0.717) is 12.6 Å². The number of hydrogen-bond donors (Lipinski definition) is 0. The summed E-state index contributed by atoms with van der Waals surface area (Å²) in [6.07, 6.45) is 2.75. The van der Waals surface area contributed by atoms with E-state index < -0.39 is 0 Å². The third-order valence-electron chi connectivity index (χ3n) is 1.94. The summed E-state index contributed by atoms with van der Waals surface area (Å²) in [4.78, 5) is 5.67. The molecule has 1 aliphatic rings. The summed E-state index contributed by atoms with van der Waals surface area (Å²) in [6, 6.07) is 0.459. The van der Waals surface area contributed by atoms with E-state index >= 15 is 0 Å². The van der Waals surface area contributed by atoms with Crippen molar-refractivity contribution < 1.29 is 4.74 Å². The minimum atomic E-state index is -0.0316. The van der Waals surface area contributed by atoms with Crippen LogP contribution in [0.5, 0.6) is 0 Å². The van der Waals surface area contributed by atoms with Crippen LogP contribution >= 0.6 is 0 Å². The van der Waals surface area contributed by atoms with Gasteiger partial charge in [0, 0.05) is 12.1 Å². The van der Waals surface area contributed by atoms with Gasteiger partial charge < -0.3 is 9.64 Å². The van der Waals surface area contributed by atoms with E-state index in [4.69, 9.17) is 10.00 Å². The highest BCUT2D eigenvalue weighted by Gasteiger charge is 2.28. The van der Waals surface area contributed by atoms with Crippen molar-refractivity contribution in [3.8, 4) is 6.19 Å². The Hall–Kier alpha value is -1.24. The van der Waals surface area contributed by atoms with Crippen LogP contribution in [0.2, 0.25) is 0 Å². The SMILES string of the molecule is CC(C)(C)N1CCCOC1=NC#N. The topological polar surface area (TPSA) is 48.6 Å². The highest BCUT2D eigenvalue weighted by atomic mass is 16.5. The summed E-state index contributed by atoms with van der Waals surface area (Å²) in [5.41, 5.74) is -0.0316. The standard InChI is InChI=1S/C9H15N3O/c1-9(2,3)12-5-4-6-13-8(12)11-7-10/h4-6H2,1-3H3. The maximum atomic E-state index is 8.46. The third-order valence-corrected chi connectivity index (χ3v) is 1.94. The van der Waals surface area contributed by atoms with Gasteiger partial charge in [0.1, 0.15) is 0 Å². The molecular weight excluding hydrogens is 166 g/mol. The predicted molar refractivity (Wildman–Crippen MR) is 50.1 cm³/mol. The number of rotatable bonds is 0. The maximum absolute atomic E-state index is 8.46. The predicted octanol–water partition coefficient (Wildman–Crippen LogP) is 1.34. The molecule has 0 unspecified atom stereocenters. The molecule has 0 atom stereocenters. The second-order valence-electron chi connectivity index (χ2n) is 4.02. The normalized spacial score (nSPS) is 21.1. The molecule has 0 amide bonds. The number of ether oxygens (including phenoxy) is 1. The minimum Gasteiger partial charge on any atom is -0.464 e. The molecule has 4 heteroatoms. The summed E-state index contributed by atoms with van der Waals surface area (Å²) in [5, 5.41) is 8.46. The summed E-state index contributed by atoms with van der Waals surface area (Å²) in [7, 11) is 0. The molecule has 1 saturated heterocycles. The average molecular weight is 181 g/mol. The van der Waals surface area contributed by atoms with Gasteiger partial charge in [0.15, 0.2) is 0 Å². The Morgan fingerprint density at radius 1 is 1.54 bits per heavy atom. The summed E-state index contributed by atoms with van der Waals surface area (Å²) >= 11 is 0. The van der Waals surface area contributed by atoms with Gasteiger partial charge in [-0.1, -0.05) is 0 Å². The molecule has 0 N–H and O–H groups in total. The van der Waals surface area contributed by atoms with Crippen molar-refractivity contribution in [1.82, 2.24) is 4.90 Å². The lowest BCUT2D eigenvalue weighted by Crippen LogP contribution is -2.50. The van der Waals surface area contributed by atoms with Crippen molar-refractivity contribution in [1.29, 1.82) is 5.26 Å². The monoisotopic (exact) mass is 181 g/mol. The van der Waals surface area contributed by atoms with E-state index in [1.54, 1.807) is 6.19 Å². The first-order valence-electron chi connectivity index (χ1n) is 4.43. The van der Waals surface area contributed by atoms with Gasteiger partial charge >= 0.3 is 6.02 Å². The molecule has 0 aromatic carbocycles. The van der Waals surface area contributed by atoms with Crippen molar-refractivity contribution in [2.75, 3.05) is 13.2 Å². The first kappa shape index (κ1) is 9.85. The fraction of sp³-hybridized carbons (Fsp3) is 0.778. The summed E-state index contributed by atoms with van der Waals surface area (Å²) in [5.74, 6) is 0. The smallest absolute Gasteiger partial charge is 0.303 e. The Labute approximate surface area is 78.8 Å². The van der Waals surface area contributed by atoms with Crippen LogP contribution in [0, 0.1) is 11.5 Å². The molecule has 13 heavy (non-hydrogen) atoms. The highest BCUT2D eigenvalue weighted by molar-refractivity contribution is 5.76. The largest absolute Gasteiger partial charge is 0.464 e. The van der Waals surface area contributed by atoms with Crippen molar-refractivity contribution >= 4 is 6.02 Å². The number of hydrogen-bond acceptors (Lipinski definition) is 3. The number of aliphatic imine (C=N–C) groups is 1. The van der Waals surface area contributed by atoms with Gasteiger partial charge in [-0.05, 0) is 27.2 Å². The fourth-order valence-electron chi connectivity index (χ4n) is 1.32. The Kier molecular flexibility index (Phi) is 2.76. The lowest BCUT2D eigenvalue weighted by atomic mass is 10.1. The van der Waals surface area contributed by atoms with Gasteiger partial charge in [0.2, 0.25) is 6.19 Å². The van der Waals surface area contributed by atoms with Crippen LogP contribution in [0.3, 0.4) is 0 Å². The van der Waals surface area contributed by atoms with Gasteiger partial charge in [0.05, 0.1) is 6.61 Å². The fourth-order valence-corrected chi connectivity index (χ4v) is 1.32. The molecule has 0 saturated carbocycles. The van der Waals surface area contributed by atoms with Crippen molar-refractivity contribution in [2.24, 2.45) is 4.99 Å². The van der Waals surface area contributed by atoms with E-state index in [-0.39, 0.29) is 5.54 Å². The Morgan fingerprint density at radius 3 is 2.77 bits per heavy atom. The van der Waals surface area contributed by atoms with E-state index in [1.165, 1.54) is 0 Å². The third kappa shape index (κ3) is 2.35. The zero-order valence-corrected chi connectivity index (χ0v) is 8.37. The zero-order chi connectivity index (χ0) is 9.90. The van der Waals surface area contributed by atoms with Crippen molar-refractivity contribution in [3.63, 3.8) is 0 Å². The van der Waals surface area contributed by atoms with Crippen LogP contribution in [0.4, 0.5) is 0 Å². The molecule has 4 nitrogen and oxygen atoms in total. The van der Waals surface area contributed by atoms with Crippen molar-refractivity contribution in [3.05, 3.63) is 0 Å². The number of nitrogens with zero attached hydrogens (tertiary/aromatic N) is 3. The molecule has 1 fully saturated rings. The summed E-state index contributed by atoms with van der Waals surface area (Å²) in [6.45, 7) is 7.80. The quantitative estimate of drug-likeness (QED) is 0.530. The molecular formula is C9H15N3O. The molecule has 0 aromatic rings. The average Bonchev–Trinajstić information content (AvgIpc) is 2.04. The number of amidine groups is 1. The highest BCUT2D eigenvalue weighted by Crippen LogP contribution is 2.18. The van der Waals surface area contributed by atoms with Gasteiger partial charge in [-0.15, -0.1) is 4.99 Å². The van der Waals surface area contributed by atoms with Crippen LogP contribution in [-0.2, 0) is 4.74 Å². The van der Waals surface area contributed by atoms with Gasteiger partial charge in [0.25, 0.3) is 0 Å². The van der Waals surface area contributed by atoms with Crippen LogP contribution in [0.15, 0.2) is 4.99 Å². The van der Waals surface area contributed by atoms with Gasteiger partial charge in [-0.2, -0.15) is 5.26 Å². The Balaban J connectivity index is 2.81. The molecule has 0 spiro atoms. The maximum Gasteiger partial charge on any atom is 0.303 e. The second kappa shape index (κ2) is 3.65.